The highest BCUT2D eigenvalue weighted by Crippen LogP contribution is 2.28. The third-order valence-corrected chi connectivity index (χ3v) is 4.69. The van der Waals surface area contributed by atoms with Crippen LogP contribution >= 0.6 is 0 Å². The van der Waals surface area contributed by atoms with Crippen LogP contribution in [0, 0.1) is 6.92 Å². The van der Waals surface area contributed by atoms with Gasteiger partial charge < -0.3 is 14.5 Å². The van der Waals surface area contributed by atoms with Crippen molar-refractivity contribution in [3.8, 4) is 5.75 Å². The number of likely N-dealkylation sites (tertiary alicyclic amines) is 1. The maximum atomic E-state index is 12.9. The Morgan fingerprint density at radius 3 is 2.85 bits per heavy atom. The van der Waals surface area contributed by atoms with Crippen LogP contribution in [-0.4, -0.2) is 60.1 Å². The lowest BCUT2D eigenvalue weighted by Gasteiger charge is -2.19. The molecule has 1 unspecified atom stereocenters. The van der Waals surface area contributed by atoms with Crippen molar-refractivity contribution in [2.45, 2.75) is 19.3 Å². The molecule has 1 atom stereocenters. The second kappa shape index (κ2) is 7.15. The van der Waals surface area contributed by atoms with E-state index in [-0.39, 0.29) is 17.4 Å². The van der Waals surface area contributed by atoms with E-state index in [0.717, 1.165) is 12.0 Å². The first-order valence-electron chi connectivity index (χ1n) is 8.47. The number of nitrogens with zero attached hydrogens (tertiary/aromatic N) is 4. The van der Waals surface area contributed by atoms with E-state index in [9.17, 15) is 9.59 Å². The largest absolute Gasteiger partial charge is 0.495 e. The van der Waals surface area contributed by atoms with E-state index >= 15 is 0 Å². The third kappa shape index (κ3) is 3.40. The normalized spacial score (nSPS) is 16.6. The van der Waals surface area contributed by atoms with Gasteiger partial charge in [-0.3, -0.25) is 19.6 Å². The lowest BCUT2D eigenvalue weighted by Crippen LogP contribution is -2.29. The van der Waals surface area contributed by atoms with Gasteiger partial charge in [-0.15, -0.1) is 0 Å². The van der Waals surface area contributed by atoms with Gasteiger partial charge in [-0.05, 0) is 13.3 Å². The molecule has 1 aliphatic heterocycles. The molecule has 1 fully saturated rings. The summed E-state index contributed by atoms with van der Waals surface area (Å²) >= 11 is 0. The highest BCUT2D eigenvalue weighted by atomic mass is 16.5. The molecule has 0 radical (unpaired) electrons. The molecule has 0 saturated carbocycles. The number of ether oxygens (including phenoxy) is 1. The first kappa shape index (κ1) is 17.9. The molecule has 3 rings (SSSR count). The van der Waals surface area contributed by atoms with E-state index in [4.69, 9.17) is 4.74 Å². The van der Waals surface area contributed by atoms with Gasteiger partial charge in [-0.2, -0.15) is 0 Å². The van der Waals surface area contributed by atoms with Gasteiger partial charge in [0.25, 0.3) is 11.5 Å². The second-order valence-electron chi connectivity index (χ2n) is 6.64. The predicted octanol–water partition coefficient (Wildman–Crippen LogP) is 1.18. The molecule has 1 N–H and O–H groups in total. The van der Waals surface area contributed by atoms with Crippen LogP contribution in [-0.2, 0) is 0 Å². The number of amides is 1. The number of rotatable bonds is 4. The Hall–Kier alpha value is -2.90. The van der Waals surface area contributed by atoms with Crippen LogP contribution < -0.4 is 15.2 Å². The molecule has 2 aromatic rings. The Kier molecular flexibility index (Phi) is 4.92. The summed E-state index contributed by atoms with van der Waals surface area (Å²) in [5.41, 5.74) is 1.85. The van der Waals surface area contributed by atoms with Crippen LogP contribution in [0.3, 0.4) is 0 Å². The molecular weight excluding hydrogens is 334 g/mol. The Balaban J connectivity index is 1.81. The number of anilines is 1. The minimum atomic E-state index is -0.184. The molecule has 0 bridgehead atoms. The highest BCUT2D eigenvalue weighted by molar-refractivity contribution is 5.96. The molecule has 26 heavy (non-hydrogen) atoms. The van der Waals surface area contributed by atoms with Crippen molar-refractivity contribution < 1.29 is 9.53 Å². The van der Waals surface area contributed by atoms with E-state index in [0.29, 0.717) is 36.0 Å². The minimum absolute atomic E-state index is 0.0406. The fourth-order valence-electron chi connectivity index (χ4n) is 3.17. The van der Waals surface area contributed by atoms with Crippen LogP contribution in [0.4, 0.5) is 5.95 Å². The molecule has 8 heteroatoms. The number of aromatic amines is 1. The van der Waals surface area contributed by atoms with Gasteiger partial charge in [0, 0.05) is 50.9 Å². The highest BCUT2D eigenvalue weighted by Gasteiger charge is 2.30. The molecule has 0 spiro atoms. The van der Waals surface area contributed by atoms with E-state index < -0.39 is 0 Å². The molecule has 138 valence electrons. The zero-order valence-corrected chi connectivity index (χ0v) is 15.4. The van der Waals surface area contributed by atoms with Crippen molar-refractivity contribution in [3.63, 3.8) is 0 Å². The van der Waals surface area contributed by atoms with Crippen LogP contribution in [0.15, 0.2) is 23.3 Å². The molecule has 3 heterocycles. The van der Waals surface area contributed by atoms with Gasteiger partial charge in [-0.25, -0.2) is 4.98 Å². The van der Waals surface area contributed by atoms with Crippen molar-refractivity contribution in [1.82, 2.24) is 19.9 Å². The van der Waals surface area contributed by atoms with Crippen LogP contribution in [0.5, 0.6) is 5.75 Å². The van der Waals surface area contributed by atoms with E-state index in [1.165, 1.54) is 6.07 Å². The third-order valence-electron chi connectivity index (χ3n) is 4.69. The van der Waals surface area contributed by atoms with Crippen molar-refractivity contribution in [3.05, 3.63) is 45.6 Å². The first-order valence-corrected chi connectivity index (χ1v) is 8.47. The minimum Gasteiger partial charge on any atom is -0.495 e. The average molecular weight is 357 g/mol. The molecule has 8 nitrogen and oxygen atoms in total. The van der Waals surface area contributed by atoms with Crippen molar-refractivity contribution >= 4 is 11.9 Å². The van der Waals surface area contributed by atoms with Crippen LogP contribution in [0.1, 0.15) is 34.0 Å². The number of methoxy groups -OCH3 is 1. The molecule has 1 amide bonds. The summed E-state index contributed by atoms with van der Waals surface area (Å²) in [7, 11) is 5.21. The number of aromatic nitrogens is 3. The number of carbonyl (C=O) groups excluding carboxylic acids is 1. The average Bonchev–Trinajstić information content (AvgIpc) is 3.11. The summed E-state index contributed by atoms with van der Waals surface area (Å²) in [6.45, 7) is 2.99. The maximum Gasteiger partial charge on any atom is 0.255 e. The lowest BCUT2D eigenvalue weighted by molar-refractivity contribution is 0.0789. The standard InChI is InChI=1S/C18H23N5O3/c1-11-13(8-19-9-15(11)26-4)17(25)23-6-5-12(10-23)14-7-16(24)21-18(20-14)22(2)3/h7-9,12H,5-6,10H2,1-4H3,(H,20,21,24). The SMILES string of the molecule is COc1cncc(C(=O)N2CCC(c3cc(=O)[nH]c(N(C)C)n3)C2)c1C. The molecule has 1 aliphatic rings. The molecular formula is C18H23N5O3. The van der Waals surface area contributed by atoms with E-state index in [1.807, 2.05) is 21.0 Å². The van der Waals surface area contributed by atoms with Gasteiger partial charge in [0.15, 0.2) is 0 Å². The summed E-state index contributed by atoms with van der Waals surface area (Å²) in [6, 6.07) is 1.52. The number of pyridine rings is 1. The summed E-state index contributed by atoms with van der Waals surface area (Å²) < 4.78 is 5.25. The summed E-state index contributed by atoms with van der Waals surface area (Å²) in [5, 5.41) is 0. The molecule has 0 aliphatic carbocycles. The monoisotopic (exact) mass is 357 g/mol. The summed E-state index contributed by atoms with van der Waals surface area (Å²) in [6.07, 6.45) is 3.94. The van der Waals surface area contributed by atoms with Gasteiger partial charge >= 0.3 is 0 Å². The maximum absolute atomic E-state index is 12.9. The van der Waals surface area contributed by atoms with Gasteiger partial charge in [0.05, 0.1) is 24.6 Å². The predicted molar refractivity (Wildman–Crippen MR) is 98.0 cm³/mol. The fraction of sp³-hybridized carbons (Fsp3) is 0.444. The Morgan fingerprint density at radius 2 is 2.15 bits per heavy atom. The van der Waals surface area contributed by atoms with E-state index in [1.54, 1.807) is 29.3 Å². The van der Waals surface area contributed by atoms with Gasteiger partial charge in [-0.1, -0.05) is 0 Å². The number of H-pyrrole nitrogens is 1. The number of nitrogens with one attached hydrogen (secondary N) is 1. The Morgan fingerprint density at radius 1 is 1.38 bits per heavy atom. The Labute approximate surface area is 151 Å². The quantitative estimate of drug-likeness (QED) is 0.883. The van der Waals surface area contributed by atoms with Crippen LogP contribution in [0.25, 0.3) is 0 Å². The summed E-state index contributed by atoms with van der Waals surface area (Å²) in [4.78, 5) is 39.7. The topological polar surface area (TPSA) is 91.4 Å². The van der Waals surface area contributed by atoms with Crippen molar-refractivity contribution in [2.24, 2.45) is 0 Å². The Bertz CT molecular complexity index is 877. The van der Waals surface area contributed by atoms with Gasteiger partial charge in [0.1, 0.15) is 5.75 Å². The molecule has 0 aromatic carbocycles. The van der Waals surface area contributed by atoms with Gasteiger partial charge in [0.2, 0.25) is 5.95 Å². The zero-order chi connectivity index (χ0) is 18.8. The number of hydrogen-bond donors (Lipinski definition) is 1. The second-order valence-corrected chi connectivity index (χ2v) is 6.64. The number of hydrogen-bond acceptors (Lipinski definition) is 6. The fourth-order valence-corrected chi connectivity index (χ4v) is 3.17. The number of carbonyl (C=O) groups is 1. The molecule has 1 saturated heterocycles. The molecule has 2 aromatic heterocycles. The summed E-state index contributed by atoms with van der Waals surface area (Å²) in [5.74, 6) is 1.08. The van der Waals surface area contributed by atoms with Crippen molar-refractivity contribution in [1.29, 1.82) is 0 Å². The lowest BCUT2D eigenvalue weighted by atomic mass is 10.0. The zero-order valence-electron chi connectivity index (χ0n) is 15.4. The smallest absolute Gasteiger partial charge is 0.255 e. The van der Waals surface area contributed by atoms with E-state index in [2.05, 4.69) is 15.0 Å². The van der Waals surface area contributed by atoms with Crippen LogP contribution in [0.2, 0.25) is 0 Å². The first-order chi connectivity index (χ1) is 12.4. The van der Waals surface area contributed by atoms with Crippen molar-refractivity contribution in [2.75, 3.05) is 39.2 Å².